The average molecular weight is 606 g/mol. The summed E-state index contributed by atoms with van der Waals surface area (Å²) in [6.45, 7) is 9.72. The molecule has 2 unspecified atom stereocenters. The number of rotatable bonds is 25. The number of carbonyl (C=O) groups is 5. The van der Waals surface area contributed by atoms with E-state index in [1.807, 2.05) is 27.7 Å². The Morgan fingerprint density at radius 3 is 1.36 bits per heavy atom. The maximum Gasteiger partial charge on any atom is 0.332 e. The lowest BCUT2D eigenvalue weighted by Gasteiger charge is -2.28. The van der Waals surface area contributed by atoms with E-state index in [-0.39, 0.29) is 13.2 Å². The molecule has 0 aromatic heterocycles. The molecule has 0 bridgehead atoms. The smallest absolute Gasteiger partial charge is 0.332 e. The average Bonchev–Trinajstić information content (AvgIpc) is 2.91. The summed E-state index contributed by atoms with van der Waals surface area (Å²) < 4.78 is 20.1. The van der Waals surface area contributed by atoms with Crippen LogP contribution in [0.5, 0.6) is 0 Å². The van der Waals surface area contributed by atoms with E-state index >= 15 is 0 Å². The van der Waals surface area contributed by atoms with E-state index in [0.717, 1.165) is 4.90 Å². The molecule has 0 radical (unpaired) electrons. The quantitative estimate of drug-likeness (QED) is 0.0750. The molecule has 0 aromatic rings. The zero-order chi connectivity index (χ0) is 32.1. The van der Waals surface area contributed by atoms with Crippen molar-refractivity contribution in [1.82, 2.24) is 15.5 Å². The number of nitrogens with one attached hydrogen (secondary N) is 2. The molecule has 4 N–H and O–H groups in total. The zero-order valence-corrected chi connectivity index (χ0v) is 25.9. The van der Waals surface area contributed by atoms with Crippen LogP contribution in [-0.2, 0) is 42.9 Å². The summed E-state index contributed by atoms with van der Waals surface area (Å²) in [6, 6.07) is 0.640. The van der Waals surface area contributed by atoms with E-state index in [2.05, 4.69) is 10.6 Å². The van der Waals surface area contributed by atoms with E-state index in [9.17, 15) is 34.2 Å². The molecule has 14 heteroatoms. The number of hydrogen-bond acceptors (Lipinski definition) is 13. The Morgan fingerprint density at radius 1 is 0.643 bits per heavy atom. The molecule has 0 spiro atoms. The van der Waals surface area contributed by atoms with Crippen molar-refractivity contribution in [1.29, 1.82) is 0 Å². The normalized spacial score (nSPS) is 12.8. The molecule has 0 aliphatic carbocycles. The van der Waals surface area contributed by atoms with Gasteiger partial charge >= 0.3 is 11.9 Å². The van der Waals surface area contributed by atoms with Crippen molar-refractivity contribution in [2.75, 3.05) is 65.8 Å². The largest absolute Gasteiger partial charge is 0.464 e. The first-order valence-corrected chi connectivity index (χ1v) is 14.4. The predicted molar refractivity (Wildman–Crippen MR) is 153 cm³/mol. The maximum atomic E-state index is 12.6. The molecule has 244 valence electrons. The van der Waals surface area contributed by atoms with Gasteiger partial charge < -0.3 is 44.7 Å². The fourth-order valence-corrected chi connectivity index (χ4v) is 3.28. The lowest BCUT2D eigenvalue weighted by molar-refractivity contribution is -0.151. The minimum atomic E-state index is -1.69. The maximum absolute atomic E-state index is 12.6. The highest BCUT2D eigenvalue weighted by molar-refractivity contribution is 5.87. The summed E-state index contributed by atoms with van der Waals surface area (Å²) in [5.41, 5.74) is 0. The van der Waals surface area contributed by atoms with Gasteiger partial charge in [0.2, 0.25) is 5.91 Å². The van der Waals surface area contributed by atoms with Crippen LogP contribution in [0.25, 0.3) is 0 Å². The predicted octanol–water partition coefficient (Wildman–Crippen LogP) is -0.773. The first-order chi connectivity index (χ1) is 19.7. The van der Waals surface area contributed by atoms with Crippen LogP contribution in [-0.4, -0.2) is 135 Å². The summed E-state index contributed by atoms with van der Waals surface area (Å²) in [4.78, 5) is 61.7. The van der Waals surface area contributed by atoms with Crippen molar-refractivity contribution in [2.45, 2.75) is 78.7 Å². The second-order valence-electron chi connectivity index (χ2n) is 10.7. The number of nitrogens with zero attached hydrogens (tertiary/aromatic N) is 1. The third kappa shape index (κ3) is 20.4. The Morgan fingerprint density at radius 2 is 1.02 bits per heavy atom. The molecule has 0 saturated heterocycles. The number of amides is 1. The lowest BCUT2D eigenvalue weighted by Crippen LogP contribution is -2.48. The molecular weight excluding hydrogens is 554 g/mol. The van der Waals surface area contributed by atoms with Gasteiger partial charge in [0.15, 0.2) is 11.6 Å². The van der Waals surface area contributed by atoms with Crippen LogP contribution >= 0.6 is 0 Å². The Balaban J connectivity index is 4.54. The molecule has 14 nitrogen and oxygen atoms in total. The molecule has 0 saturated carbocycles. The molecule has 0 aromatic carbocycles. The number of aliphatic hydroxyl groups excluding tert-OH is 2. The van der Waals surface area contributed by atoms with Gasteiger partial charge in [-0.1, -0.05) is 41.5 Å². The van der Waals surface area contributed by atoms with E-state index in [4.69, 9.17) is 18.9 Å². The molecule has 1 amide bonds. The molecule has 2 atom stereocenters. The monoisotopic (exact) mass is 605 g/mol. The van der Waals surface area contributed by atoms with Crippen molar-refractivity contribution in [3.63, 3.8) is 0 Å². The fraction of sp³-hybridized carbons (Fsp3) is 0.821. The minimum Gasteiger partial charge on any atom is -0.464 e. The van der Waals surface area contributed by atoms with Crippen molar-refractivity contribution in [3.05, 3.63) is 0 Å². The fourth-order valence-electron chi connectivity index (χ4n) is 3.28. The molecular formula is C28H51N3O11. The van der Waals surface area contributed by atoms with Gasteiger partial charge in [0.05, 0.1) is 26.3 Å². The zero-order valence-electron chi connectivity index (χ0n) is 25.9. The van der Waals surface area contributed by atoms with Gasteiger partial charge in [-0.3, -0.25) is 14.4 Å². The van der Waals surface area contributed by atoms with Crippen LogP contribution in [0.3, 0.4) is 0 Å². The van der Waals surface area contributed by atoms with Crippen LogP contribution in [0.15, 0.2) is 0 Å². The number of Topliss-reactive ketones (excluding diaryl/α,β-unsaturated/α-hetero) is 2. The van der Waals surface area contributed by atoms with Crippen LogP contribution in [0.1, 0.15) is 54.4 Å². The number of esters is 2. The minimum absolute atomic E-state index is 0.192. The summed E-state index contributed by atoms with van der Waals surface area (Å²) in [5.74, 6) is -3.98. The van der Waals surface area contributed by atoms with Gasteiger partial charge in [-0.05, 0) is 25.9 Å². The van der Waals surface area contributed by atoms with Crippen molar-refractivity contribution in [2.24, 2.45) is 5.92 Å². The van der Waals surface area contributed by atoms with E-state index < -0.39 is 87.1 Å². The van der Waals surface area contributed by atoms with Crippen molar-refractivity contribution >= 4 is 29.4 Å². The van der Waals surface area contributed by atoms with Crippen molar-refractivity contribution in [3.8, 4) is 0 Å². The molecule has 0 aliphatic heterocycles. The van der Waals surface area contributed by atoms with Gasteiger partial charge in [0.1, 0.15) is 38.6 Å². The second kappa shape index (κ2) is 23.0. The Bertz CT molecular complexity index is 765. The second-order valence-corrected chi connectivity index (χ2v) is 10.7. The number of aliphatic hydroxyl groups is 2. The van der Waals surface area contributed by atoms with Crippen LogP contribution in [0.4, 0.5) is 0 Å². The lowest BCUT2D eigenvalue weighted by atomic mass is 10.1. The number of ketones is 2. The summed E-state index contributed by atoms with van der Waals surface area (Å²) in [7, 11) is 0. The van der Waals surface area contributed by atoms with Gasteiger partial charge in [-0.15, -0.1) is 0 Å². The molecule has 42 heavy (non-hydrogen) atoms. The van der Waals surface area contributed by atoms with Crippen molar-refractivity contribution < 1.29 is 53.1 Å². The van der Waals surface area contributed by atoms with Gasteiger partial charge in [-0.25, -0.2) is 9.59 Å². The topological polar surface area (TPSA) is 190 Å². The molecule has 0 fully saturated rings. The third-order valence-corrected chi connectivity index (χ3v) is 5.54. The highest BCUT2D eigenvalue weighted by atomic mass is 16.6. The summed E-state index contributed by atoms with van der Waals surface area (Å²) >= 11 is 0. The first-order valence-electron chi connectivity index (χ1n) is 14.4. The van der Waals surface area contributed by atoms with Gasteiger partial charge in [0.25, 0.3) is 0 Å². The van der Waals surface area contributed by atoms with Gasteiger partial charge in [-0.2, -0.15) is 0 Å². The van der Waals surface area contributed by atoms with E-state index in [0.29, 0.717) is 38.0 Å². The summed E-state index contributed by atoms with van der Waals surface area (Å²) in [5, 5.41) is 27.0. The molecule has 0 heterocycles. The Hall–Kier alpha value is -2.49. The summed E-state index contributed by atoms with van der Waals surface area (Å²) in [6.07, 6.45) is -2.14. The number of carbonyl (C=O) groups excluding carboxylic acids is 5. The SMILES string of the molecule is CC(C)NCCCOC(=O)COCC(=O)C(O)CN(CC(O)C(=O)COCC(=O)OCCCNC(C)C)C(=O)C(C)C. The standard InChI is InChI=1S/C28H51N3O11/c1-19(2)28(38)31(13-22(32)24(34)15-39-17-26(36)41-11-7-9-29-20(3)4)14-23(33)25(35)16-40-18-27(37)42-12-8-10-30-21(5)6/h19-23,29-30,32-33H,7-18H2,1-6H3. The number of hydrogen-bond donors (Lipinski definition) is 4. The third-order valence-electron chi connectivity index (χ3n) is 5.54. The van der Waals surface area contributed by atoms with Gasteiger partial charge in [0, 0.05) is 18.0 Å². The first kappa shape index (κ1) is 39.5. The van der Waals surface area contributed by atoms with Crippen LogP contribution in [0.2, 0.25) is 0 Å². The number of ether oxygens (including phenoxy) is 4. The highest BCUT2D eigenvalue weighted by Crippen LogP contribution is 2.06. The molecule has 0 rings (SSSR count). The Labute approximate surface area is 248 Å². The van der Waals surface area contributed by atoms with Crippen LogP contribution in [0, 0.1) is 5.92 Å². The Kier molecular flexibility index (Phi) is 21.7. The van der Waals surface area contributed by atoms with Crippen LogP contribution < -0.4 is 10.6 Å². The molecule has 0 aliphatic rings. The van der Waals surface area contributed by atoms with E-state index in [1.54, 1.807) is 13.8 Å². The van der Waals surface area contributed by atoms with E-state index in [1.165, 1.54) is 0 Å². The highest BCUT2D eigenvalue weighted by Gasteiger charge is 2.28.